The zero-order valence-corrected chi connectivity index (χ0v) is 15.3. The Balaban J connectivity index is 1.62. The fourth-order valence-corrected chi connectivity index (χ4v) is 3.75. The SMILES string of the molecule is Cc1cc(-c2nc3cccnc3s2)ccc1NC(=O)c1ccccc1C. The molecule has 1 N–H and O–H groups in total. The van der Waals surface area contributed by atoms with Crippen molar-refractivity contribution in [2.75, 3.05) is 5.32 Å². The summed E-state index contributed by atoms with van der Waals surface area (Å²) in [5.41, 5.74) is 5.38. The highest BCUT2D eigenvalue weighted by atomic mass is 32.1. The van der Waals surface area contributed by atoms with E-state index in [2.05, 4.69) is 15.3 Å². The Kier molecular flexibility index (Phi) is 4.22. The predicted octanol–water partition coefficient (Wildman–Crippen LogP) is 5.23. The Morgan fingerprint density at radius 2 is 1.85 bits per heavy atom. The molecule has 0 aliphatic carbocycles. The van der Waals surface area contributed by atoms with E-state index in [-0.39, 0.29) is 5.91 Å². The number of pyridine rings is 1. The lowest BCUT2D eigenvalue weighted by Gasteiger charge is -2.11. The van der Waals surface area contributed by atoms with Gasteiger partial charge in [-0.25, -0.2) is 9.97 Å². The van der Waals surface area contributed by atoms with E-state index in [1.807, 2.05) is 68.4 Å². The van der Waals surface area contributed by atoms with Gasteiger partial charge in [0.1, 0.15) is 15.4 Å². The Bertz CT molecular complexity index is 1080. The number of carbonyl (C=O) groups is 1. The largest absolute Gasteiger partial charge is 0.322 e. The fraction of sp³-hybridized carbons (Fsp3) is 0.0952. The molecular formula is C21H17N3OS. The second kappa shape index (κ2) is 6.69. The standard InChI is InChI=1S/C21H17N3OS/c1-13-6-3-4-7-16(13)19(25)23-17-10-9-15(12-14(17)2)20-24-18-8-5-11-22-21(18)26-20/h3-12H,1-2H3,(H,23,25). The third kappa shape index (κ3) is 3.09. The highest BCUT2D eigenvalue weighted by molar-refractivity contribution is 7.21. The van der Waals surface area contributed by atoms with Gasteiger partial charge in [-0.3, -0.25) is 4.79 Å². The van der Waals surface area contributed by atoms with Gasteiger partial charge in [0.05, 0.1) is 0 Å². The monoisotopic (exact) mass is 359 g/mol. The molecule has 0 radical (unpaired) electrons. The molecule has 0 aliphatic heterocycles. The second-order valence-electron chi connectivity index (χ2n) is 6.15. The number of nitrogens with one attached hydrogen (secondary N) is 1. The van der Waals surface area contributed by atoms with Crippen LogP contribution in [0, 0.1) is 13.8 Å². The summed E-state index contributed by atoms with van der Waals surface area (Å²) in [6.45, 7) is 3.93. The van der Waals surface area contributed by atoms with Crippen LogP contribution in [-0.2, 0) is 0 Å². The molecule has 128 valence electrons. The molecule has 1 amide bonds. The maximum absolute atomic E-state index is 12.5. The smallest absolute Gasteiger partial charge is 0.255 e. The van der Waals surface area contributed by atoms with E-state index < -0.39 is 0 Å². The third-order valence-corrected chi connectivity index (χ3v) is 5.31. The molecule has 2 aromatic heterocycles. The van der Waals surface area contributed by atoms with Crippen molar-refractivity contribution in [2.45, 2.75) is 13.8 Å². The molecule has 4 rings (SSSR count). The number of aromatic nitrogens is 2. The van der Waals surface area contributed by atoms with Crippen LogP contribution in [0.15, 0.2) is 60.8 Å². The zero-order valence-electron chi connectivity index (χ0n) is 14.5. The summed E-state index contributed by atoms with van der Waals surface area (Å²) in [5.74, 6) is -0.0943. The van der Waals surface area contributed by atoms with Gasteiger partial charge in [-0.15, -0.1) is 0 Å². The Morgan fingerprint density at radius 1 is 1.00 bits per heavy atom. The van der Waals surface area contributed by atoms with Crippen LogP contribution in [-0.4, -0.2) is 15.9 Å². The molecule has 0 spiro atoms. The van der Waals surface area contributed by atoms with Crippen molar-refractivity contribution < 1.29 is 4.79 Å². The number of carbonyl (C=O) groups excluding carboxylic acids is 1. The number of thiazole rings is 1. The van der Waals surface area contributed by atoms with E-state index in [1.165, 1.54) is 0 Å². The highest BCUT2D eigenvalue weighted by Gasteiger charge is 2.12. The predicted molar refractivity (Wildman–Crippen MR) is 107 cm³/mol. The minimum Gasteiger partial charge on any atom is -0.322 e. The number of nitrogens with zero attached hydrogens (tertiary/aromatic N) is 2. The van der Waals surface area contributed by atoms with Crippen molar-refractivity contribution in [1.82, 2.24) is 9.97 Å². The molecule has 4 nitrogen and oxygen atoms in total. The van der Waals surface area contributed by atoms with E-state index >= 15 is 0 Å². The number of aryl methyl sites for hydroxylation is 2. The summed E-state index contributed by atoms with van der Waals surface area (Å²) < 4.78 is 0. The molecule has 2 heterocycles. The van der Waals surface area contributed by atoms with Crippen LogP contribution in [0.1, 0.15) is 21.5 Å². The number of rotatable bonds is 3. The summed E-state index contributed by atoms with van der Waals surface area (Å²) >= 11 is 1.57. The number of anilines is 1. The molecule has 0 unspecified atom stereocenters. The maximum Gasteiger partial charge on any atom is 0.255 e. The number of benzene rings is 2. The lowest BCUT2D eigenvalue weighted by Crippen LogP contribution is -2.14. The van der Waals surface area contributed by atoms with Crippen LogP contribution < -0.4 is 5.32 Å². The first-order valence-electron chi connectivity index (χ1n) is 8.31. The van der Waals surface area contributed by atoms with Crippen LogP contribution in [0.4, 0.5) is 5.69 Å². The molecule has 0 bridgehead atoms. The molecule has 0 saturated heterocycles. The summed E-state index contributed by atoms with van der Waals surface area (Å²) in [5, 5.41) is 3.93. The van der Waals surface area contributed by atoms with Gasteiger partial charge in [-0.2, -0.15) is 0 Å². The van der Waals surface area contributed by atoms with E-state index in [0.717, 1.165) is 37.7 Å². The van der Waals surface area contributed by atoms with Crippen LogP contribution in [0.2, 0.25) is 0 Å². The average molecular weight is 359 g/mol. The molecule has 26 heavy (non-hydrogen) atoms. The van der Waals surface area contributed by atoms with Crippen molar-refractivity contribution in [1.29, 1.82) is 0 Å². The first-order valence-corrected chi connectivity index (χ1v) is 9.13. The molecule has 0 fully saturated rings. The lowest BCUT2D eigenvalue weighted by molar-refractivity contribution is 0.102. The minimum absolute atomic E-state index is 0.0943. The van der Waals surface area contributed by atoms with Gasteiger partial charge in [0.15, 0.2) is 0 Å². The molecule has 2 aromatic carbocycles. The van der Waals surface area contributed by atoms with Crippen molar-refractivity contribution in [2.24, 2.45) is 0 Å². The van der Waals surface area contributed by atoms with Gasteiger partial charge in [-0.05, 0) is 61.4 Å². The normalized spacial score (nSPS) is 10.8. The molecular weight excluding hydrogens is 342 g/mol. The van der Waals surface area contributed by atoms with Gasteiger partial charge in [-0.1, -0.05) is 29.5 Å². The van der Waals surface area contributed by atoms with Crippen molar-refractivity contribution in [3.8, 4) is 10.6 Å². The molecule has 4 aromatic rings. The first-order chi connectivity index (χ1) is 12.6. The lowest BCUT2D eigenvalue weighted by atomic mass is 10.1. The molecule has 5 heteroatoms. The van der Waals surface area contributed by atoms with Gasteiger partial charge in [0.2, 0.25) is 0 Å². The van der Waals surface area contributed by atoms with Crippen LogP contribution in [0.5, 0.6) is 0 Å². The number of fused-ring (bicyclic) bond motifs is 1. The van der Waals surface area contributed by atoms with E-state index in [0.29, 0.717) is 5.56 Å². The summed E-state index contributed by atoms with van der Waals surface area (Å²) in [6, 6.07) is 17.4. The second-order valence-corrected chi connectivity index (χ2v) is 7.12. The first kappa shape index (κ1) is 16.4. The van der Waals surface area contributed by atoms with Crippen molar-refractivity contribution in [3.05, 3.63) is 77.5 Å². The van der Waals surface area contributed by atoms with Gasteiger partial charge in [0, 0.05) is 23.0 Å². The third-order valence-electron chi connectivity index (χ3n) is 4.28. The number of hydrogen-bond acceptors (Lipinski definition) is 4. The average Bonchev–Trinajstić information content (AvgIpc) is 3.08. The van der Waals surface area contributed by atoms with Gasteiger partial charge in [0.25, 0.3) is 5.91 Å². The van der Waals surface area contributed by atoms with Crippen LogP contribution in [0.25, 0.3) is 20.9 Å². The topological polar surface area (TPSA) is 54.9 Å². The summed E-state index contributed by atoms with van der Waals surface area (Å²) in [6.07, 6.45) is 1.78. The van der Waals surface area contributed by atoms with Crippen LogP contribution in [0.3, 0.4) is 0 Å². The number of hydrogen-bond donors (Lipinski definition) is 1. The Labute approximate surface area is 155 Å². The van der Waals surface area contributed by atoms with Gasteiger partial charge < -0.3 is 5.32 Å². The maximum atomic E-state index is 12.5. The van der Waals surface area contributed by atoms with E-state index in [1.54, 1.807) is 17.5 Å². The summed E-state index contributed by atoms with van der Waals surface area (Å²) in [4.78, 5) is 22.4. The Hall–Kier alpha value is -3.05. The van der Waals surface area contributed by atoms with E-state index in [9.17, 15) is 4.79 Å². The summed E-state index contributed by atoms with van der Waals surface area (Å²) in [7, 11) is 0. The van der Waals surface area contributed by atoms with Crippen molar-refractivity contribution >= 4 is 33.3 Å². The Morgan fingerprint density at radius 3 is 2.62 bits per heavy atom. The highest BCUT2D eigenvalue weighted by Crippen LogP contribution is 2.31. The molecule has 0 saturated carbocycles. The zero-order chi connectivity index (χ0) is 18.1. The number of amides is 1. The van der Waals surface area contributed by atoms with E-state index in [4.69, 9.17) is 0 Å². The minimum atomic E-state index is -0.0943. The quantitative estimate of drug-likeness (QED) is 0.545. The molecule has 0 atom stereocenters. The molecule has 0 aliphatic rings. The van der Waals surface area contributed by atoms with Crippen LogP contribution >= 0.6 is 11.3 Å². The fourth-order valence-electron chi connectivity index (χ4n) is 2.85. The van der Waals surface area contributed by atoms with Crippen molar-refractivity contribution in [3.63, 3.8) is 0 Å². The van der Waals surface area contributed by atoms with Gasteiger partial charge >= 0.3 is 0 Å².